The summed E-state index contributed by atoms with van der Waals surface area (Å²) in [4.78, 5) is 5.26. The van der Waals surface area contributed by atoms with Crippen molar-refractivity contribution in [1.82, 2.24) is 26.2 Å². The number of aliphatic hydroxyl groups is 8. The van der Waals surface area contributed by atoms with Crippen LogP contribution < -0.4 is 44.2 Å². The minimum absolute atomic E-state index is 0.0839. The molecule has 70 heavy (non-hydrogen) atoms. The van der Waals surface area contributed by atoms with E-state index < -0.39 is 110 Å². The van der Waals surface area contributed by atoms with E-state index in [9.17, 15) is 40.9 Å². The Bertz CT molecular complexity index is 1560. The molecule has 3 saturated heterocycles. The predicted octanol–water partition coefficient (Wildman–Crippen LogP) is -4.61. The van der Waals surface area contributed by atoms with Crippen LogP contribution in [0.3, 0.4) is 0 Å². The lowest BCUT2D eigenvalue weighted by Gasteiger charge is -2.42. The number of hydrogen-bond donors (Lipinski definition) is 16. The van der Waals surface area contributed by atoms with Gasteiger partial charge in [-0.25, -0.2) is 0 Å². The summed E-state index contributed by atoms with van der Waals surface area (Å²) >= 11 is 14.0. The maximum absolute atomic E-state index is 10.6. The van der Waals surface area contributed by atoms with E-state index in [1.54, 1.807) is 11.8 Å². The van der Waals surface area contributed by atoms with Crippen molar-refractivity contribution in [3.8, 4) is 0 Å². The zero-order valence-corrected chi connectivity index (χ0v) is 42.9. The summed E-state index contributed by atoms with van der Waals surface area (Å²) in [5, 5.41) is 100. The summed E-state index contributed by atoms with van der Waals surface area (Å²) < 4.78 is 28.8. The van der Waals surface area contributed by atoms with E-state index in [-0.39, 0.29) is 13.1 Å². The number of unbranched alkanes of at least 4 members (excludes halogenated alkanes) is 3. The number of nitrogens with zero attached hydrogens (tertiary/aromatic N) is 4. The van der Waals surface area contributed by atoms with Gasteiger partial charge in [0.2, 0.25) is 0 Å². The quantitative estimate of drug-likeness (QED) is 0.0102. The second kappa shape index (κ2) is 32.9. The van der Waals surface area contributed by atoms with E-state index in [1.807, 2.05) is 0 Å². The number of aliphatic hydroxyl groups excluding tert-OH is 8. The highest BCUT2D eigenvalue weighted by molar-refractivity contribution is 7.99. The van der Waals surface area contributed by atoms with E-state index in [2.05, 4.69) is 36.2 Å². The second-order valence-corrected chi connectivity index (χ2v) is 21.0. The Morgan fingerprint density at radius 1 is 0.629 bits per heavy atom. The van der Waals surface area contributed by atoms with Gasteiger partial charge in [0.05, 0.1) is 42.6 Å². The molecule has 3 heterocycles. The summed E-state index contributed by atoms with van der Waals surface area (Å²) in [6, 6.07) is -2.00. The molecule has 0 aromatic heterocycles. The predicted molar refractivity (Wildman–Crippen MR) is 272 cm³/mol. The number of nitrogens with one attached hydrogen (secondary N) is 4. The SMILES string of the molecule is [N-]=[N+]=NCCCCCN(CCCCNC(=S)NCCSC[C@H]1OC(O)[C@@H](O)[C@H]1OC1C[C@@H](CN)[C@@H](O)C(O)C1N)CCCNC(=S)NCCSC[C@H]1OC(O)[C@@H](O)[C@H]1OC1O[C@@H](CN)[C@@H](O)C(O)C1N. The van der Waals surface area contributed by atoms with Crippen molar-refractivity contribution in [2.45, 2.75) is 149 Å². The highest BCUT2D eigenvalue weighted by atomic mass is 32.2. The largest absolute Gasteiger partial charge is 0.390 e. The monoisotopic (exact) mass is 1080 g/mol. The van der Waals surface area contributed by atoms with Crippen LogP contribution >= 0.6 is 48.0 Å². The number of hydrogen-bond acceptors (Lipinski definition) is 23. The Labute approximate surface area is 429 Å². The highest BCUT2D eigenvalue weighted by Gasteiger charge is 2.50. The van der Waals surface area contributed by atoms with Gasteiger partial charge in [0.25, 0.3) is 0 Å². The van der Waals surface area contributed by atoms with E-state index in [0.29, 0.717) is 72.4 Å². The lowest BCUT2D eigenvalue weighted by atomic mass is 9.79. The number of nitrogens with two attached hydrogens (primary N) is 4. The molecule has 0 aromatic carbocycles. The Morgan fingerprint density at radius 2 is 1.16 bits per heavy atom. The van der Waals surface area contributed by atoms with Gasteiger partial charge in [-0.05, 0) is 94.7 Å². The van der Waals surface area contributed by atoms with E-state index >= 15 is 0 Å². The van der Waals surface area contributed by atoms with Gasteiger partial charge in [-0.3, -0.25) is 0 Å². The molecule has 18 atom stereocenters. The van der Waals surface area contributed by atoms with E-state index in [1.165, 1.54) is 11.8 Å². The fraction of sp³-hybridized carbons (Fsp3) is 0.951. The van der Waals surface area contributed by atoms with Gasteiger partial charge in [-0.1, -0.05) is 11.5 Å². The maximum Gasteiger partial charge on any atom is 0.184 e. The van der Waals surface area contributed by atoms with Crippen LogP contribution in [0.4, 0.5) is 0 Å². The van der Waals surface area contributed by atoms with Crippen LogP contribution in [0.1, 0.15) is 44.9 Å². The maximum atomic E-state index is 10.6. The van der Waals surface area contributed by atoms with Gasteiger partial charge in [0.1, 0.15) is 42.7 Å². The van der Waals surface area contributed by atoms with Crippen molar-refractivity contribution in [1.29, 1.82) is 0 Å². The summed E-state index contributed by atoms with van der Waals surface area (Å²) in [7, 11) is 0. The molecule has 1 saturated carbocycles. The van der Waals surface area contributed by atoms with Crippen molar-refractivity contribution in [2.24, 2.45) is 34.0 Å². The van der Waals surface area contributed by atoms with Gasteiger partial charge < -0.3 is 114 Å². The van der Waals surface area contributed by atoms with Crippen LogP contribution in [0.15, 0.2) is 5.11 Å². The summed E-state index contributed by atoms with van der Waals surface area (Å²) in [5.74, 6) is 1.66. The molecule has 0 spiro atoms. The Balaban J connectivity index is 1.07. The third-order valence-electron chi connectivity index (χ3n) is 12.8. The fourth-order valence-corrected chi connectivity index (χ4v) is 10.8. The van der Waals surface area contributed by atoms with Crippen molar-refractivity contribution in [3.63, 3.8) is 0 Å². The topological polar surface area (TPSA) is 412 Å². The average molecular weight is 1080 g/mol. The third-order valence-corrected chi connectivity index (χ3v) is 15.5. The van der Waals surface area contributed by atoms with Gasteiger partial charge >= 0.3 is 0 Å². The molecular formula is C41H80N12O13S4. The van der Waals surface area contributed by atoms with Crippen molar-refractivity contribution in [2.75, 3.05) is 88.5 Å². The van der Waals surface area contributed by atoms with Gasteiger partial charge in [-0.15, -0.1) is 0 Å². The molecule has 0 amide bonds. The molecule has 25 nitrogen and oxygen atoms in total. The van der Waals surface area contributed by atoms with Crippen molar-refractivity contribution in [3.05, 3.63) is 10.4 Å². The lowest BCUT2D eigenvalue weighted by Crippen LogP contribution is -2.64. The van der Waals surface area contributed by atoms with Crippen molar-refractivity contribution < 1.29 is 64.5 Å². The summed E-state index contributed by atoms with van der Waals surface area (Å²) in [6.07, 6.45) is -10.7. The van der Waals surface area contributed by atoms with E-state index in [0.717, 1.165) is 58.2 Å². The first-order valence-electron chi connectivity index (χ1n) is 24.2. The Morgan fingerprint density at radius 3 is 1.73 bits per heavy atom. The third kappa shape index (κ3) is 19.4. The molecule has 0 aromatic rings. The number of azide groups is 1. The first-order valence-corrected chi connectivity index (χ1v) is 27.3. The van der Waals surface area contributed by atoms with E-state index in [4.69, 9.17) is 76.6 Å². The normalized spacial score (nSPS) is 35.4. The van der Waals surface area contributed by atoms with Crippen LogP contribution in [0, 0.1) is 5.92 Å². The first-order chi connectivity index (χ1) is 33.6. The fourth-order valence-electron chi connectivity index (χ4n) is 8.61. The average Bonchev–Trinajstić information content (AvgIpc) is 3.77. The molecule has 4 aliphatic rings. The molecule has 0 radical (unpaired) electrons. The molecule has 0 bridgehead atoms. The molecule has 29 heteroatoms. The number of ether oxygens (including phenoxy) is 5. The first kappa shape index (κ1) is 61.2. The van der Waals surface area contributed by atoms with Crippen LogP contribution in [-0.2, 0) is 23.7 Å². The molecule has 3 aliphatic heterocycles. The van der Waals surface area contributed by atoms with Crippen LogP contribution in [0.25, 0.3) is 10.4 Å². The zero-order chi connectivity index (χ0) is 51.2. The Hall–Kier alpha value is -1.33. The van der Waals surface area contributed by atoms with Gasteiger partial charge in [-0.2, -0.15) is 23.5 Å². The molecule has 406 valence electrons. The minimum Gasteiger partial charge on any atom is -0.390 e. The van der Waals surface area contributed by atoms with Gasteiger partial charge in [0.15, 0.2) is 29.1 Å². The number of thioether (sulfide) groups is 2. The van der Waals surface area contributed by atoms with Crippen LogP contribution in [0.5, 0.6) is 0 Å². The molecule has 4 fully saturated rings. The number of thiocarbonyl (C=S) groups is 2. The highest BCUT2D eigenvalue weighted by Crippen LogP contribution is 2.33. The zero-order valence-electron chi connectivity index (χ0n) is 39.6. The number of rotatable bonds is 31. The smallest absolute Gasteiger partial charge is 0.184 e. The van der Waals surface area contributed by atoms with Crippen molar-refractivity contribution >= 4 is 58.2 Å². The second-order valence-electron chi connectivity index (χ2n) is 17.9. The minimum atomic E-state index is -1.48. The van der Waals surface area contributed by atoms with Gasteiger partial charge in [0, 0.05) is 73.1 Å². The summed E-state index contributed by atoms with van der Waals surface area (Å²) in [6.45, 7) is 5.72. The van der Waals surface area contributed by atoms with Crippen LogP contribution in [-0.4, -0.2) is 249 Å². The molecule has 4 rings (SSSR count). The Kier molecular flexibility index (Phi) is 28.7. The summed E-state index contributed by atoms with van der Waals surface area (Å²) in [5.41, 5.74) is 32.2. The molecular weight excluding hydrogens is 997 g/mol. The molecule has 8 unspecified atom stereocenters. The molecule has 20 N–H and O–H groups in total. The van der Waals surface area contributed by atoms with Crippen LogP contribution in [0.2, 0.25) is 0 Å². The lowest BCUT2D eigenvalue weighted by molar-refractivity contribution is -0.278. The molecule has 1 aliphatic carbocycles. The standard InChI is InChI=1S/C41H80N12O13S4/c42-18-22-17-23(27(44)31(56)29(22)54)62-35-25(63-37(60)33(35)58)20-69-15-10-49-40(67)47-7-3-5-13-53(12-4-1-2-9-51-52-46)14-6-8-48-41(68)50-11-16-70-21-26-36(34(59)38(61)64-26)66-39-28(45)32(57)30(55)24(19-43)65-39/h22-39,54-61H,1-21,42-45H2,(H2,47,49,67)(H2,48,50,68)/t22-,23?,24-,25+,26+,27?,28?,29+,30+,31?,32?,33-,34-,35-,36-,37?,38?,39?/m0/s1.